The molecule has 0 atom stereocenters. The molecule has 0 spiro atoms. The molecular weight excluding hydrogens is 140 g/mol. The Balaban J connectivity index is 4.05. The van der Waals surface area contributed by atoms with Gasteiger partial charge in [-0.05, 0) is 26.7 Å². The third kappa shape index (κ3) is 3.81. The van der Waals surface area contributed by atoms with Crippen LogP contribution in [0, 0.1) is 6.92 Å². The lowest BCUT2D eigenvalue weighted by Crippen LogP contribution is -1.99. The van der Waals surface area contributed by atoms with E-state index in [1.165, 1.54) is 0 Å². The summed E-state index contributed by atoms with van der Waals surface area (Å²) in [5, 5.41) is 8.58. The highest BCUT2D eigenvalue weighted by Crippen LogP contribution is 2.11. The molecule has 1 N–H and O–H groups in total. The van der Waals surface area contributed by atoms with E-state index in [2.05, 4.69) is 6.92 Å². The van der Waals surface area contributed by atoms with Crippen LogP contribution in [-0.2, 0) is 4.79 Å². The standard InChI is InChI=1S/C9H15O2/c1-4-5-6-7(2)8(3)9(10)11/h1,4-6H2,2-3H3,(H,10,11). The van der Waals surface area contributed by atoms with Gasteiger partial charge in [-0.3, -0.25) is 0 Å². The molecule has 0 saturated carbocycles. The molecule has 0 aliphatic carbocycles. The van der Waals surface area contributed by atoms with Gasteiger partial charge in [-0.15, -0.1) is 0 Å². The average molecular weight is 155 g/mol. The van der Waals surface area contributed by atoms with E-state index in [0.717, 1.165) is 24.8 Å². The lowest BCUT2D eigenvalue weighted by atomic mass is 10.1. The van der Waals surface area contributed by atoms with Crippen LogP contribution >= 0.6 is 0 Å². The van der Waals surface area contributed by atoms with E-state index in [9.17, 15) is 4.79 Å². The van der Waals surface area contributed by atoms with E-state index in [4.69, 9.17) is 5.11 Å². The Morgan fingerprint density at radius 3 is 2.36 bits per heavy atom. The number of hydrogen-bond donors (Lipinski definition) is 1. The Hall–Kier alpha value is -0.790. The molecule has 0 aromatic carbocycles. The molecule has 0 unspecified atom stereocenters. The normalized spacial score (nSPS) is 12.6. The molecule has 0 heterocycles. The van der Waals surface area contributed by atoms with Crippen LogP contribution in [0.2, 0.25) is 0 Å². The molecule has 0 aliphatic rings. The topological polar surface area (TPSA) is 37.3 Å². The van der Waals surface area contributed by atoms with E-state index < -0.39 is 5.97 Å². The molecule has 2 nitrogen and oxygen atoms in total. The zero-order valence-electron chi connectivity index (χ0n) is 7.18. The van der Waals surface area contributed by atoms with Crippen molar-refractivity contribution in [3.8, 4) is 0 Å². The minimum atomic E-state index is -0.813. The lowest BCUT2D eigenvalue weighted by molar-refractivity contribution is -0.132. The van der Waals surface area contributed by atoms with Crippen LogP contribution in [0.25, 0.3) is 0 Å². The molecular formula is C9H15O2. The largest absolute Gasteiger partial charge is 0.478 e. The molecule has 0 amide bonds. The Labute approximate surface area is 67.9 Å². The van der Waals surface area contributed by atoms with Gasteiger partial charge in [-0.25, -0.2) is 4.79 Å². The van der Waals surface area contributed by atoms with Gasteiger partial charge in [0.1, 0.15) is 0 Å². The molecule has 2 heteroatoms. The zero-order valence-corrected chi connectivity index (χ0v) is 7.18. The summed E-state index contributed by atoms with van der Waals surface area (Å²) in [4.78, 5) is 10.4. The van der Waals surface area contributed by atoms with Gasteiger partial charge in [-0.1, -0.05) is 18.9 Å². The molecule has 0 rings (SSSR count). The highest BCUT2D eigenvalue weighted by molar-refractivity contribution is 5.86. The van der Waals surface area contributed by atoms with E-state index in [1.807, 2.05) is 6.92 Å². The number of rotatable bonds is 4. The first-order chi connectivity index (χ1) is 5.09. The summed E-state index contributed by atoms with van der Waals surface area (Å²) in [7, 11) is 0. The van der Waals surface area contributed by atoms with Crippen molar-refractivity contribution in [1.82, 2.24) is 0 Å². The summed E-state index contributed by atoms with van der Waals surface area (Å²) in [6.45, 7) is 7.19. The number of carbonyl (C=O) groups is 1. The number of hydrogen-bond acceptors (Lipinski definition) is 1. The number of carboxylic acid groups (broad SMARTS) is 1. The molecule has 1 radical (unpaired) electrons. The summed E-state index contributed by atoms with van der Waals surface area (Å²) in [6.07, 6.45) is 2.68. The summed E-state index contributed by atoms with van der Waals surface area (Å²) in [6, 6.07) is 0. The fourth-order valence-electron chi connectivity index (χ4n) is 0.760. The second-order valence-corrected chi connectivity index (χ2v) is 2.67. The van der Waals surface area contributed by atoms with Gasteiger partial charge in [0.05, 0.1) is 0 Å². The van der Waals surface area contributed by atoms with Gasteiger partial charge in [0, 0.05) is 5.57 Å². The van der Waals surface area contributed by atoms with Crippen LogP contribution in [0.3, 0.4) is 0 Å². The van der Waals surface area contributed by atoms with Gasteiger partial charge < -0.3 is 5.11 Å². The maximum Gasteiger partial charge on any atom is 0.331 e. The summed E-state index contributed by atoms with van der Waals surface area (Å²) < 4.78 is 0. The Morgan fingerprint density at radius 2 is 2.00 bits per heavy atom. The van der Waals surface area contributed by atoms with Crippen LogP contribution < -0.4 is 0 Å². The second kappa shape index (κ2) is 4.94. The molecule has 63 valence electrons. The second-order valence-electron chi connectivity index (χ2n) is 2.67. The van der Waals surface area contributed by atoms with Crippen molar-refractivity contribution in [2.45, 2.75) is 33.1 Å². The van der Waals surface area contributed by atoms with Crippen molar-refractivity contribution in [2.24, 2.45) is 0 Å². The van der Waals surface area contributed by atoms with Crippen molar-refractivity contribution in [2.75, 3.05) is 0 Å². The third-order valence-corrected chi connectivity index (χ3v) is 1.76. The SMILES string of the molecule is [CH2]CCCC(C)=C(C)C(=O)O. The molecule has 0 aromatic heterocycles. The average Bonchev–Trinajstić information content (AvgIpc) is 1.98. The van der Waals surface area contributed by atoms with Gasteiger partial charge in [0.15, 0.2) is 0 Å². The molecule has 11 heavy (non-hydrogen) atoms. The van der Waals surface area contributed by atoms with Crippen LogP contribution in [0.15, 0.2) is 11.1 Å². The predicted molar refractivity (Wildman–Crippen MR) is 45.2 cm³/mol. The van der Waals surface area contributed by atoms with Crippen molar-refractivity contribution < 1.29 is 9.90 Å². The summed E-state index contributed by atoms with van der Waals surface area (Å²) >= 11 is 0. The Bertz CT molecular complexity index is 168. The number of unbranched alkanes of at least 4 members (excludes halogenated alkanes) is 1. The van der Waals surface area contributed by atoms with Gasteiger partial charge in [0.25, 0.3) is 0 Å². The number of allylic oxidation sites excluding steroid dienone is 1. The van der Waals surface area contributed by atoms with Crippen molar-refractivity contribution >= 4 is 5.97 Å². The van der Waals surface area contributed by atoms with Crippen LogP contribution in [-0.4, -0.2) is 11.1 Å². The molecule has 0 fully saturated rings. The van der Waals surface area contributed by atoms with Crippen LogP contribution in [0.4, 0.5) is 0 Å². The first-order valence-corrected chi connectivity index (χ1v) is 3.78. The Morgan fingerprint density at radius 1 is 1.45 bits per heavy atom. The maximum atomic E-state index is 10.4. The zero-order chi connectivity index (χ0) is 8.85. The fraction of sp³-hybridized carbons (Fsp3) is 0.556. The highest BCUT2D eigenvalue weighted by Gasteiger charge is 2.03. The minimum absolute atomic E-state index is 0.471. The lowest BCUT2D eigenvalue weighted by Gasteiger charge is -2.01. The van der Waals surface area contributed by atoms with Crippen molar-refractivity contribution in [1.29, 1.82) is 0 Å². The smallest absolute Gasteiger partial charge is 0.331 e. The fourth-order valence-corrected chi connectivity index (χ4v) is 0.760. The molecule has 0 saturated heterocycles. The monoisotopic (exact) mass is 155 g/mol. The van der Waals surface area contributed by atoms with E-state index in [0.29, 0.717) is 5.57 Å². The van der Waals surface area contributed by atoms with Crippen LogP contribution in [0.5, 0.6) is 0 Å². The van der Waals surface area contributed by atoms with Crippen molar-refractivity contribution in [3.05, 3.63) is 18.1 Å². The van der Waals surface area contributed by atoms with E-state index in [1.54, 1.807) is 6.92 Å². The van der Waals surface area contributed by atoms with Crippen molar-refractivity contribution in [3.63, 3.8) is 0 Å². The minimum Gasteiger partial charge on any atom is -0.478 e. The quantitative estimate of drug-likeness (QED) is 0.633. The first kappa shape index (κ1) is 10.2. The van der Waals surface area contributed by atoms with Gasteiger partial charge in [0.2, 0.25) is 0 Å². The van der Waals surface area contributed by atoms with Crippen LogP contribution in [0.1, 0.15) is 33.1 Å². The first-order valence-electron chi connectivity index (χ1n) is 3.78. The highest BCUT2D eigenvalue weighted by atomic mass is 16.4. The predicted octanol–water partition coefficient (Wildman–Crippen LogP) is 2.41. The number of carboxylic acids is 1. The van der Waals surface area contributed by atoms with E-state index in [-0.39, 0.29) is 0 Å². The third-order valence-electron chi connectivity index (χ3n) is 1.76. The number of aliphatic carboxylic acids is 1. The van der Waals surface area contributed by atoms with E-state index >= 15 is 0 Å². The summed E-state index contributed by atoms with van der Waals surface area (Å²) in [5.74, 6) is -0.813. The van der Waals surface area contributed by atoms with Gasteiger partial charge >= 0.3 is 5.97 Å². The molecule has 0 aliphatic heterocycles. The molecule has 0 bridgehead atoms. The maximum absolute atomic E-state index is 10.4. The van der Waals surface area contributed by atoms with Gasteiger partial charge in [-0.2, -0.15) is 0 Å². The Kier molecular flexibility index (Phi) is 4.59. The summed E-state index contributed by atoms with van der Waals surface area (Å²) in [5.41, 5.74) is 1.43. The molecule has 0 aromatic rings.